The number of nitrogens with one attached hydrogen (secondary N) is 1. The van der Waals surface area contributed by atoms with Gasteiger partial charge in [-0.25, -0.2) is 4.98 Å². The van der Waals surface area contributed by atoms with Crippen molar-refractivity contribution >= 4 is 5.69 Å². The second kappa shape index (κ2) is 4.34. The summed E-state index contributed by atoms with van der Waals surface area (Å²) in [6.45, 7) is 0. The van der Waals surface area contributed by atoms with E-state index in [0.29, 0.717) is 23.1 Å². The number of hydrogen-bond donors (Lipinski definition) is 1. The van der Waals surface area contributed by atoms with Gasteiger partial charge in [0.15, 0.2) is 5.82 Å². The first-order valence-corrected chi connectivity index (χ1v) is 5.94. The number of non-ortho nitro benzene ring substituents is 1. The maximum atomic E-state index is 10.8. The maximum absolute atomic E-state index is 10.8. The lowest BCUT2D eigenvalue weighted by molar-refractivity contribution is -0.384. The van der Waals surface area contributed by atoms with Crippen molar-refractivity contribution < 1.29 is 9.66 Å². The number of aromatic nitrogens is 3. The number of methoxy groups -OCH3 is 1. The zero-order valence-corrected chi connectivity index (χ0v) is 10.3. The molecule has 1 aromatic heterocycles. The average Bonchev–Trinajstić information content (AvgIpc) is 3.16. The summed E-state index contributed by atoms with van der Waals surface area (Å²) in [4.78, 5) is 14.8. The van der Waals surface area contributed by atoms with Gasteiger partial charge in [-0.15, -0.1) is 0 Å². The second-order valence-electron chi connectivity index (χ2n) is 4.46. The van der Waals surface area contributed by atoms with Crippen LogP contribution < -0.4 is 4.74 Å². The van der Waals surface area contributed by atoms with Gasteiger partial charge in [0, 0.05) is 18.1 Å². The fourth-order valence-electron chi connectivity index (χ4n) is 1.92. The first-order valence-electron chi connectivity index (χ1n) is 5.94. The van der Waals surface area contributed by atoms with Gasteiger partial charge in [-0.2, -0.15) is 5.10 Å². The number of nitro benzene ring substituents is 1. The molecular weight excluding hydrogens is 248 g/mol. The highest BCUT2D eigenvalue weighted by molar-refractivity contribution is 5.67. The molecule has 98 valence electrons. The molecule has 0 aliphatic heterocycles. The minimum absolute atomic E-state index is 0.00595. The lowest BCUT2D eigenvalue weighted by Gasteiger charge is -2.04. The van der Waals surface area contributed by atoms with Crippen molar-refractivity contribution in [1.29, 1.82) is 0 Å². The predicted octanol–water partition coefficient (Wildman–Crippen LogP) is 2.27. The lowest BCUT2D eigenvalue weighted by Crippen LogP contribution is -1.93. The van der Waals surface area contributed by atoms with Crippen molar-refractivity contribution in [2.45, 2.75) is 18.8 Å². The van der Waals surface area contributed by atoms with Crippen LogP contribution in [0.1, 0.15) is 24.6 Å². The molecule has 0 bridgehead atoms. The molecule has 1 fully saturated rings. The van der Waals surface area contributed by atoms with Crippen LogP contribution in [0.3, 0.4) is 0 Å². The molecule has 1 aliphatic carbocycles. The minimum atomic E-state index is -0.447. The smallest absolute Gasteiger partial charge is 0.270 e. The number of benzene rings is 1. The Balaban J connectivity index is 2.04. The molecule has 0 saturated heterocycles. The Kier molecular flexibility index (Phi) is 2.66. The molecule has 0 spiro atoms. The molecule has 0 radical (unpaired) electrons. The first kappa shape index (κ1) is 11.6. The Morgan fingerprint density at radius 3 is 2.89 bits per heavy atom. The fourth-order valence-corrected chi connectivity index (χ4v) is 1.92. The van der Waals surface area contributed by atoms with Gasteiger partial charge in [0.1, 0.15) is 11.6 Å². The minimum Gasteiger partial charge on any atom is -0.496 e. The molecule has 1 N–H and O–H groups in total. The summed E-state index contributed by atoms with van der Waals surface area (Å²) < 4.78 is 5.20. The fraction of sp³-hybridized carbons (Fsp3) is 0.333. The van der Waals surface area contributed by atoms with Crippen molar-refractivity contribution in [3.63, 3.8) is 0 Å². The van der Waals surface area contributed by atoms with Crippen LogP contribution in [0.2, 0.25) is 0 Å². The number of aromatic amines is 1. The van der Waals surface area contributed by atoms with E-state index in [1.807, 2.05) is 0 Å². The highest BCUT2D eigenvalue weighted by Crippen LogP contribution is 2.39. The number of nitro groups is 1. The van der Waals surface area contributed by atoms with Gasteiger partial charge in [0.2, 0.25) is 0 Å². The lowest BCUT2D eigenvalue weighted by atomic mass is 10.1. The summed E-state index contributed by atoms with van der Waals surface area (Å²) in [6, 6.07) is 4.39. The summed E-state index contributed by atoms with van der Waals surface area (Å²) in [5.41, 5.74) is 0.522. The van der Waals surface area contributed by atoms with Crippen LogP contribution in [0, 0.1) is 10.1 Å². The van der Waals surface area contributed by atoms with Crippen molar-refractivity contribution in [3.8, 4) is 17.1 Å². The molecule has 0 amide bonds. The SMILES string of the molecule is COc1ccc([N+](=O)[O-])cc1-c1n[nH]c(C2CC2)n1. The third kappa shape index (κ3) is 2.14. The highest BCUT2D eigenvalue weighted by atomic mass is 16.6. The van der Waals surface area contributed by atoms with E-state index in [1.54, 1.807) is 6.07 Å². The van der Waals surface area contributed by atoms with E-state index in [0.717, 1.165) is 18.7 Å². The summed E-state index contributed by atoms with van der Waals surface area (Å²) in [7, 11) is 1.51. The molecule has 2 aromatic rings. The van der Waals surface area contributed by atoms with Crippen molar-refractivity contribution in [1.82, 2.24) is 15.2 Å². The largest absolute Gasteiger partial charge is 0.496 e. The molecular formula is C12H12N4O3. The first-order chi connectivity index (χ1) is 9.19. The Hall–Kier alpha value is -2.44. The van der Waals surface area contributed by atoms with Gasteiger partial charge in [-0.3, -0.25) is 15.2 Å². The van der Waals surface area contributed by atoms with E-state index in [-0.39, 0.29) is 5.69 Å². The standard InChI is InChI=1S/C12H12N4O3/c1-19-10-5-4-8(16(17)18)6-9(10)12-13-11(14-15-12)7-2-3-7/h4-7H,2-3H2,1H3,(H,13,14,15). The van der Waals surface area contributed by atoms with Crippen LogP contribution in [0.15, 0.2) is 18.2 Å². The van der Waals surface area contributed by atoms with E-state index in [1.165, 1.54) is 19.2 Å². The normalized spacial score (nSPS) is 14.4. The Labute approximate surface area is 108 Å². The number of H-pyrrole nitrogens is 1. The summed E-state index contributed by atoms with van der Waals surface area (Å²) in [5.74, 6) is 2.24. The van der Waals surface area contributed by atoms with E-state index in [9.17, 15) is 10.1 Å². The molecule has 1 heterocycles. The molecule has 7 nitrogen and oxygen atoms in total. The van der Waals surface area contributed by atoms with Gasteiger partial charge in [-0.05, 0) is 18.9 Å². The molecule has 0 unspecified atom stereocenters. The number of ether oxygens (including phenoxy) is 1. The summed E-state index contributed by atoms with van der Waals surface area (Å²) in [5, 5.41) is 17.8. The second-order valence-corrected chi connectivity index (χ2v) is 4.46. The van der Waals surface area contributed by atoms with Gasteiger partial charge in [0.25, 0.3) is 5.69 Å². The predicted molar refractivity (Wildman–Crippen MR) is 67.0 cm³/mol. The quantitative estimate of drug-likeness (QED) is 0.672. The molecule has 3 rings (SSSR count). The topological polar surface area (TPSA) is 93.9 Å². The molecule has 0 atom stereocenters. The zero-order valence-electron chi connectivity index (χ0n) is 10.3. The summed E-state index contributed by atoms with van der Waals surface area (Å²) in [6.07, 6.45) is 2.22. The van der Waals surface area contributed by atoms with Crippen LogP contribution in [-0.4, -0.2) is 27.2 Å². The van der Waals surface area contributed by atoms with Crippen LogP contribution in [-0.2, 0) is 0 Å². The maximum Gasteiger partial charge on any atom is 0.270 e. The zero-order chi connectivity index (χ0) is 13.4. The molecule has 1 aromatic carbocycles. The van der Waals surface area contributed by atoms with Gasteiger partial charge >= 0.3 is 0 Å². The van der Waals surface area contributed by atoms with Crippen molar-refractivity contribution in [3.05, 3.63) is 34.1 Å². The average molecular weight is 260 g/mol. The molecule has 1 saturated carbocycles. The number of hydrogen-bond acceptors (Lipinski definition) is 5. The van der Waals surface area contributed by atoms with Crippen LogP contribution in [0.25, 0.3) is 11.4 Å². The number of rotatable bonds is 4. The van der Waals surface area contributed by atoms with Gasteiger partial charge in [0.05, 0.1) is 17.6 Å². The monoisotopic (exact) mass is 260 g/mol. The summed E-state index contributed by atoms with van der Waals surface area (Å²) >= 11 is 0. The molecule has 7 heteroatoms. The van der Waals surface area contributed by atoms with E-state index in [4.69, 9.17) is 4.74 Å². The van der Waals surface area contributed by atoms with Crippen LogP contribution in [0.5, 0.6) is 5.75 Å². The Morgan fingerprint density at radius 1 is 1.47 bits per heavy atom. The Morgan fingerprint density at radius 2 is 2.26 bits per heavy atom. The third-order valence-electron chi connectivity index (χ3n) is 3.10. The van der Waals surface area contributed by atoms with Crippen molar-refractivity contribution in [2.75, 3.05) is 7.11 Å². The highest BCUT2D eigenvalue weighted by Gasteiger charge is 2.28. The van der Waals surface area contributed by atoms with Gasteiger partial charge in [-0.1, -0.05) is 0 Å². The van der Waals surface area contributed by atoms with Crippen LogP contribution in [0.4, 0.5) is 5.69 Å². The third-order valence-corrected chi connectivity index (χ3v) is 3.10. The van der Waals surface area contributed by atoms with E-state index >= 15 is 0 Å². The van der Waals surface area contributed by atoms with E-state index < -0.39 is 4.92 Å². The molecule has 19 heavy (non-hydrogen) atoms. The van der Waals surface area contributed by atoms with Gasteiger partial charge < -0.3 is 4.74 Å². The Bertz CT molecular complexity index is 634. The van der Waals surface area contributed by atoms with Crippen molar-refractivity contribution in [2.24, 2.45) is 0 Å². The molecule has 1 aliphatic rings. The number of nitrogens with zero attached hydrogens (tertiary/aromatic N) is 3. The van der Waals surface area contributed by atoms with E-state index in [2.05, 4.69) is 15.2 Å². The van der Waals surface area contributed by atoms with Crippen LogP contribution >= 0.6 is 0 Å².